The molecule has 0 aliphatic heterocycles. The van der Waals surface area contributed by atoms with Crippen molar-refractivity contribution in [2.45, 2.75) is 40.2 Å². The molecule has 2 heteroatoms. The Kier molecular flexibility index (Phi) is 4.81. The average molecular weight is 221 g/mol. The summed E-state index contributed by atoms with van der Waals surface area (Å²) in [6.45, 7) is 9.14. The van der Waals surface area contributed by atoms with Crippen molar-refractivity contribution in [2.75, 3.05) is 6.61 Å². The first kappa shape index (κ1) is 13.0. The zero-order valence-electron chi connectivity index (χ0n) is 10.8. The van der Waals surface area contributed by atoms with E-state index in [0.717, 1.165) is 12.2 Å². The smallest absolute Gasteiger partial charge is 0.119 e. The Morgan fingerprint density at radius 2 is 1.69 bits per heavy atom. The van der Waals surface area contributed by atoms with E-state index in [1.165, 1.54) is 11.1 Å². The summed E-state index contributed by atoms with van der Waals surface area (Å²) in [5.74, 6) is 1.47. The molecule has 0 radical (unpaired) electrons. The Balaban J connectivity index is 2.43. The lowest BCUT2D eigenvalue weighted by Crippen LogP contribution is -2.28. The monoisotopic (exact) mass is 221 g/mol. The zero-order chi connectivity index (χ0) is 12.1. The van der Waals surface area contributed by atoms with Crippen molar-refractivity contribution >= 4 is 0 Å². The fraction of sp³-hybridized carbons (Fsp3) is 0.571. The van der Waals surface area contributed by atoms with E-state index in [0.29, 0.717) is 12.5 Å². The van der Waals surface area contributed by atoms with E-state index in [-0.39, 0.29) is 6.04 Å². The second kappa shape index (κ2) is 5.90. The summed E-state index contributed by atoms with van der Waals surface area (Å²) in [5, 5.41) is 0. The van der Waals surface area contributed by atoms with Crippen LogP contribution in [-0.4, -0.2) is 12.6 Å². The van der Waals surface area contributed by atoms with E-state index in [1.54, 1.807) is 0 Å². The molecule has 0 saturated heterocycles. The summed E-state index contributed by atoms with van der Waals surface area (Å²) in [6, 6.07) is 6.50. The van der Waals surface area contributed by atoms with Crippen LogP contribution in [0.25, 0.3) is 0 Å². The molecule has 0 spiro atoms. The zero-order valence-corrected chi connectivity index (χ0v) is 10.8. The van der Waals surface area contributed by atoms with E-state index >= 15 is 0 Å². The second-order valence-corrected chi connectivity index (χ2v) is 4.87. The van der Waals surface area contributed by atoms with Crippen LogP contribution in [0.5, 0.6) is 5.75 Å². The van der Waals surface area contributed by atoms with Crippen LogP contribution in [0.3, 0.4) is 0 Å². The van der Waals surface area contributed by atoms with Gasteiger partial charge in [0.05, 0.1) is 6.61 Å². The summed E-state index contributed by atoms with van der Waals surface area (Å²) in [4.78, 5) is 0. The maximum atomic E-state index is 5.96. The van der Waals surface area contributed by atoms with Crippen molar-refractivity contribution in [3.05, 3.63) is 29.3 Å². The lowest BCUT2D eigenvalue weighted by Gasteiger charge is -2.16. The molecule has 16 heavy (non-hydrogen) atoms. The third kappa shape index (κ3) is 4.23. The van der Waals surface area contributed by atoms with E-state index in [1.807, 2.05) is 0 Å². The van der Waals surface area contributed by atoms with Gasteiger partial charge in [-0.1, -0.05) is 19.9 Å². The molecule has 1 atom stereocenters. The molecule has 0 heterocycles. The molecule has 90 valence electrons. The Labute approximate surface area is 98.8 Å². The van der Waals surface area contributed by atoms with Gasteiger partial charge in [0.2, 0.25) is 0 Å². The first-order chi connectivity index (χ1) is 7.49. The third-order valence-electron chi connectivity index (χ3n) is 2.77. The molecule has 0 saturated carbocycles. The minimum Gasteiger partial charge on any atom is -0.494 e. The quantitative estimate of drug-likeness (QED) is 0.829. The van der Waals surface area contributed by atoms with Crippen molar-refractivity contribution in [3.63, 3.8) is 0 Å². The normalized spacial score (nSPS) is 12.9. The van der Waals surface area contributed by atoms with Crippen molar-refractivity contribution in [1.29, 1.82) is 0 Å². The maximum absolute atomic E-state index is 5.96. The molecule has 0 amide bonds. The van der Waals surface area contributed by atoms with Crippen molar-refractivity contribution in [2.24, 2.45) is 11.7 Å². The van der Waals surface area contributed by atoms with E-state index in [2.05, 4.69) is 45.9 Å². The molecular formula is C14H23NO. The highest BCUT2D eigenvalue weighted by atomic mass is 16.5. The van der Waals surface area contributed by atoms with E-state index in [4.69, 9.17) is 10.5 Å². The number of benzene rings is 1. The van der Waals surface area contributed by atoms with Gasteiger partial charge in [0, 0.05) is 6.04 Å². The molecular weight excluding hydrogens is 198 g/mol. The van der Waals surface area contributed by atoms with Gasteiger partial charge in [-0.25, -0.2) is 0 Å². The fourth-order valence-corrected chi connectivity index (χ4v) is 1.66. The first-order valence-corrected chi connectivity index (χ1v) is 5.95. The Morgan fingerprint density at radius 1 is 1.12 bits per heavy atom. The van der Waals surface area contributed by atoms with Crippen LogP contribution < -0.4 is 10.5 Å². The summed E-state index contributed by atoms with van der Waals surface area (Å²) >= 11 is 0. The topological polar surface area (TPSA) is 35.2 Å². The van der Waals surface area contributed by atoms with Gasteiger partial charge in [-0.15, -0.1) is 0 Å². The van der Waals surface area contributed by atoms with Crippen LogP contribution >= 0.6 is 0 Å². The van der Waals surface area contributed by atoms with Gasteiger partial charge in [0.15, 0.2) is 0 Å². The van der Waals surface area contributed by atoms with Crippen LogP contribution in [0, 0.1) is 19.8 Å². The number of hydrogen-bond acceptors (Lipinski definition) is 2. The third-order valence-corrected chi connectivity index (χ3v) is 2.77. The van der Waals surface area contributed by atoms with Crippen LogP contribution in [0.2, 0.25) is 0 Å². The van der Waals surface area contributed by atoms with Gasteiger partial charge in [-0.2, -0.15) is 0 Å². The van der Waals surface area contributed by atoms with E-state index < -0.39 is 0 Å². The van der Waals surface area contributed by atoms with Crippen molar-refractivity contribution in [1.82, 2.24) is 0 Å². The largest absolute Gasteiger partial charge is 0.494 e. The fourth-order valence-electron chi connectivity index (χ4n) is 1.66. The summed E-state index contributed by atoms with van der Waals surface area (Å²) in [6.07, 6.45) is 0.907. The van der Waals surface area contributed by atoms with Gasteiger partial charge in [0.25, 0.3) is 0 Å². The molecule has 1 aromatic rings. The van der Waals surface area contributed by atoms with Gasteiger partial charge in [-0.05, 0) is 49.4 Å². The molecule has 0 fully saturated rings. The predicted molar refractivity (Wildman–Crippen MR) is 68.8 cm³/mol. The molecule has 0 bridgehead atoms. The number of hydrogen-bond donors (Lipinski definition) is 1. The van der Waals surface area contributed by atoms with E-state index in [9.17, 15) is 0 Å². The highest BCUT2D eigenvalue weighted by Gasteiger charge is 2.07. The molecule has 2 nitrogen and oxygen atoms in total. The first-order valence-electron chi connectivity index (χ1n) is 5.95. The highest BCUT2D eigenvalue weighted by Crippen LogP contribution is 2.16. The number of rotatable bonds is 5. The Bertz CT molecular complexity index is 313. The minimum atomic E-state index is 0.228. The molecule has 1 rings (SSSR count). The molecule has 0 aliphatic rings. The van der Waals surface area contributed by atoms with Crippen LogP contribution in [0.15, 0.2) is 18.2 Å². The molecule has 2 N–H and O–H groups in total. The average Bonchev–Trinajstić information content (AvgIpc) is 2.15. The maximum Gasteiger partial charge on any atom is 0.119 e. The van der Waals surface area contributed by atoms with Crippen LogP contribution in [-0.2, 0) is 0 Å². The summed E-state index contributed by atoms with van der Waals surface area (Å²) in [7, 11) is 0. The predicted octanol–water partition coefficient (Wildman–Crippen LogP) is 3.06. The Hall–Kier alpha value is -1.02. The number of ether oxygens (including phenoxy) is 1. The molecule has 1 aromatic carbocycles. The van der Waals surface area contributed by atoms with Crippen molar-refractivity contribution in [3.8, 4) is 5.75 Å². The Morgan fingerprint density at radius 3 is 2.19 bits per heavy atom. The van der Waals surface area contributed by atoms with Gasteiger partial charge < -0.3 is 10.5 Å². The number of nitrogens with two attached hydrogens (primary N) is 1. The highest BCUT2D eigenvalue weighted by molar-refractivity contribution is 5.32. The molecule has 0 aliphatic carbocycles. The van der Waals surface area contributed by atoms with Gasteiger partial charge in [0.1, 0.15) is 5.75 Å². The second-order valence-electron chi connectivity index (χ2n) is 4.87. The van der Waals surface area contributed by atoms with Gasteiger partial charge >= 0.3 is 0 Å². The summed E-state index contributed by atoms with van der Waals surface area (Å²) in [5.41, 5.74) is 8.44. The van der Waals surface area contributed by atoms with Crippen LogP contribution in [0.1, 0.15) is 31.4 Å². The minimum absolute atomic E-state index is 0.228. The SMILES string of the molecule is Cc1cc(C)cc(OCCC(N)C(C)C)c1. The number of aryl methyl sites for hydroxylation is 2. The van der Waals surface area contributed by atoms with Gasteiger partial charge in [-0.3, -0.25) is 0 Å². The van der Waals surface area contributed by atoms with Crippen LogP contribution in [0.4, 0.5) is 0 Å². The standard InChI is InChI=1S/C14H23NO/c1-10(2)14(15)5-6-16-13-8-11(3)7-12(4)9-13/h7-10,14H,5-6,15H2,1-4H3. The lowest BCUT2D eigenvalue weighted by molar-refractivity contribution is 0.282. The van der Waals surface area contributed by atoms with Crippen molar-refractivity contribution < 1.29 is 4.74 Å². The lowest BCUT2D eigenvalue weighted by atomic mass is 10.0. The molecule has 0 aromatic heterocycles. The summed E-state index contributed by atoms with van der Waals surface area (Å²) < 4.78 is 5.71. The molecule has 1 unspecified atom stereocenters.